The van der Waals surface area contributed by atoms with Crippen molar-refractivity contribution in [2.75, 3.05) is 0 Å². The van der Waals surface area contributed by atoms with E-state index in [2.05, 4.69) is 61.3 Å². The van der Waals surface area contributed by atoms with Gasteiger partial charge >= 0.3 is 145 Å². The first-order valence-corrected chi connectivity index (χ1v) is 11.2. The molecule has 0 bridgehead atoms. The Bertz CT molecular complexity index is 586. The van der Waals surface area contributed by atoms with E-state index in [1.165, 1.54) is 11.1 Å². The van der Waals surface area contributed by atoms with Crippen LogP contribution in [-0.2, 0) is 0 Å². The average Bonchev–Trinajstić information content (AvgIpc) is 2.36. The molecule has 0 aliphatic rings. The summed E-state index contributed by atoms with van der Waals surface area (Å²) in [6.45, 7) is 12.3. The molecule has 0 atom stereocenters. The van der Waals surface area contributed by atoms with Crippen molar-refractivity contribution in [1.82, 2.24) is 0 Å². The van der Waals surface area contributed by atoms with Gasteiger partial charge in [-0.25, -0.2) is 0 Å². The Kier molecular flexibility index (Phi) is 11.0. The van der Waals surface area contributed by atoms with Crippen LogP contribution >= 0.6 is 23.2 Å². The minimum absolute atomic E-state index is 0. The van der Waals surface area contributed by atoms with Gasteiger partial charge in [-0.2, -0.15) is 5.34 Å². The number of benzene rings is 2. The molecule has 1 radical (unpaired) electrons. The van der Waals surface area contributed by atoms with Crippen molar-refractivity contribution in [3.63, 3.8) is 0 Å². The predicted octanol–water partition coefficient (Wildman–Crippen LogP) is 2.20. The molecule has 0 aliphatic heterocycles. The Morgan fingerprint density at radius 3 is 1.12 bits per heavy atom. The van der Waals surface area contributed by atoms with Crippen LogP contribution in [0.25, 0.3) is 0 Å². The molecule has 0 fully saturated rings. The molecule has 0 aromatic heterocycles. The van der Waals surface area contributed by atoms with Gasteiger partial charge in [0, 0.05) is 0 Å². The van der Waals surface area contributed by atoms with Gasteiger partial charge in [-0.15, -0.1) is 0 Å². The molecule has 125 valence electrons. The minimum atomic E-state index is -2.93. The first kappa shape index (κ1) is 24.1. The van der Waals surface area contributed by atoms with E-state index in [4.69, 9.17) is 0 Å². The van der Waals surface area contributed by atoms with Gasteiger partial charge in [-0.3, -0.25) is 0 Å². The molecule has 0 nitrogen and oxygen atoms in total. The third-order valence-electron chi connectivity index (χ3n) is 3.79. The number of hydrogen-bond donors (Lipinski definition) is 0. The van der Waals surface area contributed by atoms with Crippen LogP contribution in [0.3, 0.4) is 0 Å². The standard InChI is InChI=1S/C18H22FGe.CHCl2.Li/c1-11-7-13(3)17(14(4)8-11)20(19)18-15(5)9-12(2)10-16(18)6;2-1-3;/h7-10H,1-6H3;1H;/q;-1;+1. The molecule has 0 saturated heterocycles. The molecule has 0 heterocycles. The van der Waals surface area contributed by atoms with E-state index in [0.29, 0.717) is 0 Å². The van der Waals surface area contributed by atoms with E-state index in [0.717, 1.165) is 36.4 Å². The van der Waals surface area contributed by atoms with Gasteiger partial charge < -0.3 is 23.2 Å². The fourth-order valence-electron chi connectivity index (χ4n) is 3.18. The Morgan fingerprint density at radius 1 is 0.708 bits per heavy atom. The Hall–Kier alpha value is 0.0903. The van der Waals surface area contributed by atoms with Crippen molar-refractivity contribution >= 4 is 46.8 Å². The monoisotopic (exact) mass is 421 g/mol. The van der Waals surface area contributed by atoms with Crippen molar-refractivity contribution in [2.45, 2.75) is 41.5 Å². The Balaban J connectivity index is 0.00000123. The summed E-state index contributed by atoms with van der Waals surface area (Å²) in [5.74, 6) is 0. The van der Waals surface area contributed by atoms with Crippen molar-refractivity contribution in [1.29, 1.82) is 0 Å². The zero-order valence-corrected chi connectivity index (χ0v) is 19.1. The zero-order chi connectivity index (χ0) is 17.7. The van der Waals surface area contributed by atoms with Gasteiger partial charge in [0.05, 0.1) is 0 Å². The molecule has 0 spiro atoms. The predicted molar refractivity (Wildman–Crippen MR) is 103 cm³/mol. The Labute approximate surface area is 172 Å². The van der Waals surface area contributed by atoms with Gasteiger partial charge in [0.2, 0.25) is 0 Å². The van der Waals surface area contributed by atoms with Gasteiger partial charge in [0.25, 0.3) is 0 Å². The maximum Gasteiger partial charge on any atom is 1.00 e. The van der Waals surface area contributed by atoms with Crippen molar-refractivity contribution in [3.8, 4) is 0 Å². The first-order valence-electron chi connectivity index (χ1n) is 7.43. The third-order valence-corrected chi connectivity index (χ3v) is 8.94. The van der Waals surface area contributed by atoms with E-state index >= 15 is 3.50 Å². The van der Waals surface area contributed by atoms with Crippen LogP contribution in [-0.4, -0.2) is 14.8 Å². The van der Waals surface area contributed by atoms with E-state index in [1.54, 1.807) is 0 Å². The number of halogens is 3. The number of rotatable bonds is 2. The average molecular weight is 421 g/mol. The van der Waals surface area contributed by atoms with Crippen molar-refractivity contribution in [2.24, 2.45) is 0 Å². The van der Waals surface area contributed by atoms with Crippen LogP contribution in [0.2, 0.25) is 0 Å². The molecular weight excluding hydrogens is 398 g/mol. The second-order valence-electron chi connectivity index (χ2n) is 5.94. The van der Waals surface area contributed by atoms with E-state index in [1.807, 2.05) is 27.7 Å². The molecule has 2 aromatic rings. The van der Waals surface area contributed by atoms with Gasteiger partial charge in [0.1, 0.15) is 0 Å². The van der Waals surface area contributed by atoms with E-state index < -0.39 is 14.8 Å². The number of aryl methyl sites for hydroxylation is 6. The fraction of sp³-hybridized carbons (Fsp3) is 0.316. The van der Waals surface area contributed by atoms with Crippen LogP contribution in [0.1, 0.15) is 33.4 Å². The van der Waals surface area contributed by atoms with E-state index in [-0.39, 0.29) is 18.9 Å². The second kappa shape index (κ2) is 10.9. The molecule has 0 aliphatic carbocycles. The maximum absolute atomic E-state index is 15.3. The first-order chi connectivity index (χ1) is 10.7. The molecule has 2 aromatic carbocycles. The van der Waals surface area contributed by atoms with E-state index in [9.17, 15) is 0 Å². The molecular formula is C19H23Cl2FGeLi. The van der Waals surface area contributed by atoms with Crippen LogP contribution in [0.5, 0.6) is 0 Å². The fourth-order valence-corrected chi connectivity index (χ4v) is 7.21. The van der Waals surface area contributed by atoms with Gasteiger partial charge in [-0.05, 0) is 0 Å². The molecule has 2 rings (SSSR count). The van der Waals surface area contributed by atoms with Gasteiger partial charge in [0.15, 0.2) is 0 Å². The maximum atomic E-state index is 15.3. The Morgan fingerprint density at radius 2 is 0.917 bits per heavy atom. The summed E-state index contributed by atoms with van der Waals surface area (Å²) in [6, 6.07) is 8.42. The topological polar surface area (TPSA) is 0 Å². The summed E-state index contributed by atoms with van der Waals surface area (Å²) < 4.78 is 17.3. The molecule has 0 N–H and O–H groups in total. The van der Waals surface area contributed by atoms with Gasteiger partial charge in [-0.1, -0.05) is 0 Å². The zero-order valence-electron chi connectivity index (χ0n) is 15.5. The molecule has 0 amide bonds. The van der Waals surface area contributed by atoms with Crippen LogP contribution < -0.4 is 27.7 Å². The summed E-state index contributed by atoms with van der Waals surface area (Å²) in [6.07, 6.45) is 0. The summed E-state index contributed by atoms with van der Waals surface area (Å²) in [4.78, 5) is 0. The summed E-state index contributed by atoms with van der Waals surface area (Å²) in [5, 5.41) is 0.944. The van der Waals surface area contributed by atoms with Crippen molar-refractivity contribution in [3.05, 3.63) is 63.0 Å². The SMILES string of the molecule is Cc1cc(C)[c]([Ge]([F])[c]2c(C)cc(C)cc2C)c(C)c1.Cl[CH-]Cl.[Li+]. The second-order valence-corrected chi connectivity index (χ2v) is 10.0. The smallest absolute Gasteiger partial charge is 0.333 e. The normalized spacial score (nSPS) is 10.1. The minimum Gasteiger partial charge on any atom is -0.333 e. The van der Waals surface area contributed by atoms with Crippen LogP contribution in [0, 0.1) is 46.9 Å². The molecule has 24 heavy (non-hydrogen) atoms. The largest absolute Gasteiger partial charge is 1.00 e. The van der Waals surface area contributed by atoms with Crippen LogP contribution in [0.4, 0.5) is 3.50 Å². The number of hydrogen-bond acceptors (Lipinski definition) is 0. The molecule has 0 saturated carbocycles. The molecule has 0 unspecified atom stereocenters. The van der Waals surface area contributed by atoms with Crippen LogP contribution in [0.15, 0.2) is 24.3 Å². The third kappa shape index (κ3) is 6.11. The summed E-state index contributed by atoms with van der Waals surface area (Å²) in [7, 11) is 0. The summed E-state index contributed by atoms with van der Waals surface area (Å²) >= 11 is 6.35. The summed E-state index contributed by atoms with van der Waals surface area (Å²) in [5.41, 5.74) is 6.87. The van der Waals surface area contributed by atoms with Crippen molar-refractivity contribution < 1.29 is 22.4 Å². The quantitative estimate of drug-likeness (QED) is 0.516. The molecule has 5 heteroatoms.